The Bertz CT molecular complexity index is 977. The predicted octanol–water partition coefficient (Wildman–Crippen LogP) is 3.34. The number of hydrogen-bond donors (Lipinski definition) is 1. The number of para-hydroxylation sites is 1. The molecule has 0 saturated carbocycles. The highest BCUT2D eigenvalue weighted by Gasteiger charge is 2.25. The third-order valence-corrected chi connectivity index (χ3v) is 4.38. The van der Waals surface area contributed by atoms with Gasteiger partial charge in [0.1, 0.15) is 5.52 Å². The largest absolute Gasteiger partial charge is 0.465 e. The average molecular weight is 378 g/mol. The second kappa shape index (κ2) is 7.14. The van der Waals surface area contributed by atoms with Gasteiger partial charge in [0.25, 0.3) is 11.3 Å². The Morgan fingerprint density at radius 3 is 2.68 bits per heavy atom. The number of hydrogen-bond acceptors (Lipinski definition) is 5. The standard InChI is InChI=1S/C16H12ClN3O4S/c1-24-16(21)11-6-5-10(17)9-14(11)20(25(22)23)13-4-2-3-12-15(13)19-8-7-18-12/h2-9H,1H3,(H,22,23). The Morgan fingerprint density at radius 2 is 1.96 bits per heavy atom. The molecule has 0 saturated heterocycles. The van der Waals surface area contributed by atoms with Gasteiger partial charge in [0, 0.05) is 17.4 Å². The van der Waals surface area contributed by atoms with Gasteiger partial charge in [0.2, 0.25) is 0 Å². The number of fused-ring (bicyclic) bond motifs is 1. The second-order valence-electron chi connectivity index (χ2n) is 4.88. The molecule has 0 radical (unpaired) electrons. The third kappa shape index (κ3) is 3.32. The second-order valence-corrected chi connectivity index (χ2v) is 6.14. The van der Waals surface area contributed by atoms with Gasteiger partial charge in [-0.3, -0.25) is 14.5 Å². The van der Waals surface area contributed by atoms with Gasteiger partial charge >= 0.3 is 5.97 Å². The first-order valence-electron chi connectivity index (χ1n) is 7.01. The topological polar surface area (TPSA) is 92.6 Å². The molecule has 1 heterocycles. The van der Waals surface area contributed by atoms with Crippen molar-refractivity contribution >= 4 is 51.2 Å². The minimum atomic E-state index is -2.50. The summed E-state index contributed by atoms with van der Waals surface area (Å²) in [6.07, 6.45) is 3.00. The van der Waals surface area contributed by atoms with Crippen molar-refractivity contribution < 1.29 is 18.3 Å². The van der Waals surface area contributed by atoms with Crippen molar-refractivity contribution in [1.29, 1.82) is 0 Å². The van der Waals surface area contributed by atoms with E-state index in [0.29, 0.717) is 21.7 Å². The maximum Gasteiger partial charge on any atom is 0.340 e. The molecule has 1 unspecified atom stereocenters. The quantitative estimate of drug-likeness (QED) is 0.553. The first-order chi connectivity index (χ1) is 12.0. The minimum absolute atomic E-state index is 0.0928. The molecule has 0 amide bonds. The lowest BCUT2D eigenvalue weighted by Crippen LogP contribution is -2.22. The maximum atomic E-state index is 12.1. The minimum Gasteiger partial charge on any atom is -0.465 e. The molecule has 3 aromatic rings. The van der Waals surface area contributed by atoms with Crippen LogP contribution in [0.15, 0.2) is 48.8 Å². The zero-order valence-electron chi connectivity index (χ0n) is 12.9. The molecule has 1 aromatic heterocycles. The Hall–Kier alpha value is -2.55. The van der Waals surface area contributed by atoms with Gasteiger partial charge in [-0.2, -0.15) is 0 Å². The van der Waals surface area contributed by atoms with Gasteiger partial charge in [0.15, 0.2) is 0 Å². The van der Waals surface area contributed by atoms with Gasteiger partial charge < -0.3 is 4.74 Å². The van der Waals surface area contributed by atoms with Crippen molar-refractivity contribution in [1.82, 2.24) is 9.97 Å². The number of carbonyl (C=O) groups is 1. The highest BCUT2D eigenvalue weighted by atomic mass is 35.5. The van der Waals surface area contributed by atoms with Crippen molar-refractivity contribution in [3.8, 4) is 0 Å². The van der Waals surface area contributed by atoms with Crippen LogP contribution in [0.3, 0.4) is 0 Å². The summed E-state index contributed by atoms with van der Waals surface area (Å²) in [6.45, 7) is 0. The molecule has 0 fully saturated rings. The molecule has 9 heteroatoms. The summed E-state index contributed by atoms with van der Waals surface area (Å²) in [5.74, 6) is -0.659. The number of rotatable bonds is 4. The van der Waals surface area contributed by atoms with E-state index in [4.69, 9.17) is 16.3 Å². The Morgan fingerprint density at radius 1 is 1.20 bits per heavy atom. The summed E-state index contributed by atoms with van der Waals surface area (Å²) < 4.78 is 27.8. The number of aromatic nitrogens is 2. The van der Waals surface area contributed by atoms with Crippen molar-refractivity contribution in [2.24, 2.45) is 0 Å². The summed E-state index contributed by atoms with van der Waals surface area (Å²) in [7, 11) is 1.23. The Labute approximate surface area is 150 Å². The van der Waals surface area contributed by atoms with Crippen molar-refractivity contribution in [2.75, 3.05) is 11.4 Å². The number of carbonyl (C=O) groups excluding carboxylic acids is 1. The van der Waals surface area contributed by atoms with Crippen LogP contribution in [0.5, 0.6) is 0 Å². The van der Waals surface area contributed by atoms with E-state index in [9.17, 15) is 13.6 Å². The molecular formula is C16H12ClN3O4S. The molecule has 0 aliphatic rings. The normalized spacial score (nSPS) is 12.0. The summed E-state index contributed by atoms with van der Waals surface area (Å²) in [4.78, 5) is 20.5. The molecule has 7 nitrogen and oxygen atoms in total. The van der Waals surface area contributed by atoms with Gasteiger partial charge in [-0.25, -0.2) is 13.3 Å². The zero-order valence-corrected chi connectivity index (χ0v) is 14.5. The number of esters is 1. The highest BCUT2D eigenvalue weighted by Crippen LogP contribution is 2.35. The lowest BCUT2D eigenvalue weighted by atomic mass is 10.1. The van der Waals surface area contributed by atoms with Crippen LogP contribution in [0.1, 0.15) is 10.4 Å². The van der Waals surface area contributed by atoms with Crippen LogP contribution < -0.4 is 4.31 Å². The van der Waals surface area contributed by atoms with E-state index in [0.717, 1.165) is 4.31 Å². The van der Waals surface area contributed by atoms with Crippen LogP contribution in [0.25, 0.3) is 11.0 Å². The number of nitrogens with zero attached hydrogens (tertiary/aromatic N) is 3. The van der Waals surface area contributed by atoms with Gasteiger partial charge in [-0.1, -0.05) is 17.7 Å². The molecule has 2 aromatic carbocycles. The molecule has 0 aliphatic carbocycles. The lowest BCUT2D eigenvalue weighted by molar-refractivity contribution is 0.0602. The van der Waals surface area contributed by atoms with E-state index in [1.807, 2.05) is 0 Å². The summed E-state index contributed by atoms with van der Waals surface area (Å²) >= 11 is 3.53. The fourth-order valence-electron chi connectivity index (χ4n) is 2.39. The summed E-state index contributed by atoms with van der Waals surface area (Å²) in [5, 5.41) is 0.296. The van der Waals surface area contributed by atoms with E-state index >= 15 is 0 Å². The Kier molecular flexibility index (Phi) is 4.93. The van der Waals surface area contributed by atoms with Crippen LogP contribution in [0.4, 0.5) is 11.4 Å². The summed E-state index contributed by atoms with van der Waals surface area (Å²) in [5.41, 5.74) is 1.47. The van der Waals surface area contributed by atoms with Crippen molar-refractivity contribution in [3.05, 3.63) is 59.4 Å². The fraction of sp³-hybridized carbons (Fsp3) is 0.0625. The highest BCUT2D eigenvalue weighted by molar-refractivity contribution is 7.81. The van der Waals surface area contributed by atoms with Crippen LogP contribution in [0.2, 0.25) is 5.02 Å². The molecule has 1 N–H and O–H groups in total. The number of benzene rings is 2. The van der Waals surface area contributed by atoms with Crippen molar-refractivity contribution in [2.45, 2.75) is 0 Å². The van der Waals surface area contributed by atoms with Crippen LogP contribution in [0, 0.1) is 0 Å². The predicted molar refractivity (Wildman–Crippen MR) is 95.2 cm³/mol. The van der Waals surface area contributed by atoms with E-state index in [-0.39, 0.29) is 11.3 Å². The average Bonchev–Trinajstić information content (AvgIpc) is 2.61. The molecule has 0 aliphatic heterocycles. The molecule has 0 spiro atoms. The molecule has 1 atom stereocenters. The van der Waals surface area contributed by atoms with Crippen LogP contribution in [-0.2, 0) is 16.0 Å². The van der Waals surface area contributed by atoms with Crippen LogP contribution >= 0.6 is 11.6 Å². The molecule has 25 heavy (non-hydrogen) atoms. The van der Waals surface area contributed by atoms with Gasteiger partial charge in [0.05, 0.1) is 29.6 Å². The lowest BCUT2D eigenvalue weighted by Gasteiger charge is -2.23. The molecule has 3 rings (SSSR count). The first-order valence-corrected chi connectivity index (χ1v) is 8.46. The summed E-state index contributed by atoms with van der Waals surface area (Å²) in [6, 6.07) is 9.35. The van der Waals surface area contributed by atoms with E-state index in [2.05, 4.69) is 9.97 Å². The molecule has 128 valence electrons. The monoisotopic (exact) mass is 377 g/mol. The van der Waals surface area contributed by atoms with Gasteiger partial charge in [-0.05, 0) is 30.3 Å². The Balaban J connectivity index is 2.29. The number of ether oxygens (including phenoxy) is 1. The van der Waals surface area contributed by atoms with Crippen molar-refractivity contribution in [3.63, 3.8) is 0 Å². The van der Waals surface area contributed by atoms with E-state index in [1.165, 1.54) is 37.7 Å². The third-order valence-electron chi connectivity index (χ3n) is 3.44. The van der Waals surface area contributed by atoms with Crippen LogP contribution in [-0.4, -0.2) is 31.8 Å². The molecular weight excluding hydrogens is 366 g/mol. The molecule has 0 bridgehead atoms. The smallest absolute Gasteiger partial charge is 0.340 e. The number of anilines is 2. The SMILES string of the molecule is COC(=O)c1ccc(Cl)cc1N(c1cccc2nccnc12)S(=O)O. The first kappa shape index (κ1) is 17.3. The maximum absolute atomic E-state index is 12.1. The number of methoxy groups -OCH3 is 1. The fourth-order valence-corrected chi connectivity index (χ4v) is 3.20. The van der Waals surface area contributed by atoms with E-state index in [1.54, 1.807) is 18.2 Å². The zero-order chi connectivity index (χ0) is 18.0. The van der Waals surface area contributed by atoms with Gasteiger partial charge in [-0.15, -0.1) is 0 Å². The van der Waals surface area contributed by atoms with E-state index < -0.39 is 17.2 Å². The number of halogens is 1.